The number of rotatable bonds is 5. The molecular weight excluding hydrogens is 362 g/mol. The fourth-order valence-electron chi connectivity index (χ4n) is 2.48. The molecule has 3 aromatic rings. The van der Waals surface area contributed by atoms with Gasteiger partial charge < -0.3 is 15.4 Å². The molecule has 0 spiro atoms. The summed E-state index contributed by atoms with van der Waals surface area (Å²) in [5.41, 5.74) is 2.20. The maximum Gasteiger partial charge on any atom is 0.225 e. The Labute approximate surface area is 164 Å². The molecule has 2 aromatic heterocycles. The Bertz CT molecular complexity index is 925. The van der Waals surface area contributed by atoms with Gasteiger partial charge in [-0.1, -0.05) is 11.6 Å². The molecule has 0 saturated heterocycles. The third-order valence-electron chi connectivity index (χ3n) is 3.59. The van der Waals surface area contributed by atoms with Crippen molar-refractivity contribution in [1.29, 1.82) is 0 Å². The van der Waals surface area contributed by atoms with Crippen LogP contribution < -0.4 is 15.4 Å². The Hall–Kier alpha value is -2.86. The zero-order valence-corrected chi connectivity index (χ0v) is 16.5. The molecule has 27 heavy (non-hydrogen) atoms. The van der Waals surface area contributed by atoms with E-state index in [0.29, 0.717) is 22.5 Å². The van der Waals surface area contributed by atoms with Crippen LogP contribution in [0.2, 0.25) is 5.02 Å². The van der Waals surface area contributed by atoms with E-state index in [1.165, 1.54) is 0 Å². The van der Waals surface area contributed by atoms with Crippen LogP contribution in [0.1, 0.15) is 20.8 Å². The standard InChI is InChI=1S/C20H22ClN5O/c1-20(2,3)26-19-24-15(13-6-5-9-22-12-13)11-18(25-19)23-16-10-14(21)7-8-17(16)27-4/h5-12H,1-4H3,(H2,23,24,25,26). The Morgan fingerprint density at radius 3 is 2.56 bits per heavy atom. The van der Waals surface area contributed by atoms with Crippen LogP contribution in [-0.2, 0) is 0 Å². The zero-order chi connectivity index (χ0) is 19.4. The summed E-state index contributed by atoms with van der Waals surface area (Å²) in [6.45, 7) is 6.17. The van der Waals surface area contributed by atoms with Gasteiger partial charge >= 0.3 is 0 Å². The summed E-state index contributed by atoms with van der Waals surface area (Å²) in [4.78, 5) is 13.4. The highest BCUT2D eigenvalue weighted by molar-refractivity contribution is 6.31. The van der Waals surface area contributed by atoms with Crippen molar-refractivity contribution >= 4 is 29.1 Å². The first kappa shape index (κ1) is 18.9. The maximum atomic E-state index is 6.14. The van der Waals surface area contributed by atoms with E-state index in [-0.39, 0.29) is 5.54 Å². The van der Waals surface area contributed by atoms with Crippen molar-refractivity contribution in [3.8, 4) is 17.0 Å². The summed E-state index contributed by atoms with van der Waals surface area (Å²) < 4.78 is 5.41. The number of nitrogens with zero attached hydrogens (tertiary/aromatic N) is 3. The van der Waals surface area contributed by atoms with Gasteiger partial charge in [-0.05, 0) is 51.1 Å². The second kappa shape index (κ2) is 7.80. The van der Waals surface area contributed by atoms with Gasteiger partial charge in [0.15, 0.2) is 0 Å². The van der Waals surface area contributed by atoms with Crippen LogP contribution in [0.4, 0.5) is 17.5 Å². The molecule has 2 N–H and O–H groups in total. The first-order chi connectivity index (χ1) is 12.8. The van der Waals surface area contributed by atoms with Crippen molar-refractivity contribution in [2.24, 2.45) is 0 Å². The van der Waals surface area contributed by atoms with E-state index in [1.807, 2.05) is 24.3 Å². The van der Waals surface area contributed by atoms with Gasteiger partial charge in [0.1, 0.15) is 11.6 Å². The molecule has 6 nitrogen and oxygen atoms in total. The summed E-state index contributed by atoms with van der Waals surface area (Å²) in [6.07, 6.45) is 3.50. The molecule has 0 saturated carbocycles. The largest absolute Gasteiger partial charge is 0.495 e. The average Bonchev–Trinajstić information content (AvgIpc) is 2.61. The second-order valence-electron chi connectivity index (χ2n) is 7.05. The van der Waals surface area contributed by atoms with Crippen molar-refractivity contribution in [2.75, 3.05) is 17.7 Å². The van der Waals surface area contributed by atoms with E-state index in [2.05, 4.69) is 46.4 Å². The quantitative estimate of drug-likeness (QED) is 0.634. The third kappa shape index (κ3) is 5.08. The molecular formula is C20H22ClN5O. The number of ether oxygens (including phenoxy) is 1. The van der Waals surface area contributed by atoms with Gasteiger partial charge in [0, 0.05) is 34.6 Å². The Morgan fingerprint density at radius 2 is 1.89 bits per heavy atom. The minimum Gasteiger partial charge on any atom is -0.495 e. The monoisotopic (exact) mass is 383 g/mol. The molecule has 0 aliphatic carbocycles. The van der Waals surface area contributed by atoms with Crippen molar-refractivity contribution in [3.05, 3.63) is 53.8 Å². The van der Waals surface area contributed by atoms with Gasteiger partial charge in [0.2, 0.25) is 5.95 Å². The number of aromatic nitrogens is 3. The molecule has 0 aliphatic rings. The lowest BCUT2D eigenvalue weighted by atomic mass is 10.1. The maximum absolute atomic E-state index is 6.14. The van der Waals surface area contributed by atoms with Crippen LogP contribution in [0.5, 0.6) is 5.75 Å². The number of hydrogen-bond acceptors (Lipinski definition) is 6. The van der Waals surface area contributed by atoms with Crippen LogP contribution in [0.3, 0.4) is 0 Å². The first-order valence-corrected chi connectivity index (χ1v) is 8.90. The molecule has 140 valence electrons. The number of nitrogens with one attached hydrogen (secondary N) is 2. The molecule has 0 fully saturated rings. The molecule has 1 aromatic carbocycles. The minimum absolute atomic E-state index is 0.182. The van der Waals surface area contributed by atoms with E-state index in [4.69, 9.17) is 16.3 Å². The number of hydrogen-bond donors (Lipinski definition) is 2. The van der Waals surface area contributed by atoms with Crippen LogP contribution in [0, 0.1) is 0 Å². The van der Waals surface area contributed by atoms with E-state index >= 15 is 0 Å². The summed E-state index contributed by atoms with van der Waals surface area (Å²) in [5.74, 6) is 1.81. The lowest BCUT2D eigenvalue weighted by Crippen LogP contribution is -2.27. The second-order valence-corrected chi connectivity index (χ2v) is 7.48. The molecule has 0 bridgehead atoms. The van der Waals surface area contributed by atoms with Gasteiger partial charge in [-0.2, -0.15) is 4.98 Å². The predicted octanol–water partition coefficient (Wildman–Crippen LogP) is 5.15. The van der Waals surface area contributed by atoms with Gasteiger partial charge in [-0.3, -0.25) is 4.98 Å². The Morgan fingerprint density at radius 1 is 1.07 bits per heavy atom. The normalized spacial score (nSPS) is 11.1. The van der Waals surface area contributed by atoms with Crippen molar-refractivity contribution in [3.63, 3.8) is 0 Å². The molecule has 0 aliphatic heterocycles. The molecule has 0 atom stereocenters. The van der Waals surface area contributed by atoms with Crippen LogP contribution >= 0.6 is 11.6 Å². The zero-order valence-electron chi connectivity index (χ0n) is 15.7. The molecule has 7 heteroatoms. The fraction of sp³-hybridized carbons (Fsp3) is 0.250. The van der Waals surface area contributed by atoms with Crippen molar-refractivity contribution in [2.45, 2.75) is 26.3 Å². The Kier molecular flexibility index (Phi) is 5.46. The minimum atomic E-state index is -0.182. The van der Waals surface area contributed by atoms with Crippen LogP contribution in [-0.4, -0.2) is 27.6 Å². The lowest BCUT2D eigenvalue weighted by molar-refractivity contribution is 0.417. The highest BCUT2D eigenvalue weighted by Gasteiger charge is 2.15. The van der Waals surface area contributed by atoms with Crippen molar-refractivity contribution in [1.82, 2.24) is 15.0 Å². The molecule has 2 heterocycles. The fourth-order valence-corrected chi connectivity index (χ4v) is 2.65. The summed E-state index contributed by atoms with van der Waals surface area (Å²) in [6, 6.07) is 11.1. The van der Waals surface area contributed by atoms with Gasteiger partial charge in [-0.25, -0.2) is 4.98 Å². The summed E-state index contributed by atoms with van der Waals surface area (Å²) >= 11 is 6.14. The van der Waals surface area contributed by atoms with Gasteiger partial charge in [0.05, 0.1) is 18.5 Å². The van der Waals surface area contributed by atoms with Crippen molar-refractivity contribution < 1.29 is 4.74 Å². The number of halogens is 1. The van der Waals surface area contributed by atoms with Gasteiger partial charge in [0.25, 0.3) is 0 Å². The predicted molar refractivity (Wildman–Crippen MR) is 110 cm³/mol. The first-order valence-electron chi connectivity index (χ1n) is 8.52. The van der Waals surface area contributed by atoms with Crippen LogP contribution in [0.15, 0.2) is 48.8 Å². The van der Waals surface area contributed by atoms with Gasteiger partial charge in [-0.15, -0.1) is 0 Å². The average molecular weight is 384 g/mol. The molecule has 0 unspecified atom stereocenters. The van der Waals surface area contributed by atoms with E-state index < -0.39 is 0 Å². The molecule has 0 radical (unpaired) electrons. The lowest BCUT2D eigenvalue weighted by Gasteiger charge is -2.21. The molecule has 3 rings (SSSR count). The number of benzene rings is 1. The topological polar surface area (TPSA) is 72.0 Å². The number of pyridine rings is 1. The summed E-state index contributed by atoms with van der Waals surface area (Å²) in [5, 5.41) is 7.20. The van der Waals surface area contributed by atoms with E-state index in [0.717, 1.165) is 16.9 Å². The Balaban J connectivity index is 2.04. The number of anilines is 3. The summed E-state index contributed by atoms with van der Waals surface area (Å²) in [7, 11) is 1.61. The highest BCUT2D eigenvalue weighted by Crippen LogP contribution is 2.31. The highest BCUT2D eigenvalue weighted by atomic mass is 35.5. The van der Waals surface area contributed by atoms with E-state index in [1.54, 1.807) is 31.6 Å². The SMILES string of the molecule is COc1ccc(Cl)cc1Nc1cc(-c2cccnc2)nc(NC(C)(C)C)n1. The van der Waals surface area contributed by atoms with E-state index in [9.17, 15) is 0 Å². The molecule has 0 amide bonds. The van der Waals surface area contributed by atoms with Crippen LogP contribution in [0.25, 0.3) is 11.3 Å². The smallest absolute Gasteiger partial charge is 0.225 e. The third-order valence-corrected chi connectivity index (χ3v) is 3.83. The number of methoxy groups -OCH3 is 1.